The lowest BCUT2D eigenvalue weighted by molar-refractivity contribution is -0.121. The number of aryl methyl sites for hydroxylation is 1. The van der Waals surface area contributed by atoms with Crippen molar-refractivity contribution in [1.29, 1.82) is 0 Å². The molecule has 4 rings (SSSR count). The van der Waals surface area contributed by atoms with E-state index in [4.69, 9.17) is 9.47 Å². The quantitative estimate of drug-likeness (QED) is 0.829. The molecule has 1 saturated heterocycles. The van der Waals surface area contributed by atoms with Crippen molar-refractivity contribution < 1.29 is 14.3 Å². The molecule has 1 fully saturated rings. The fourth-order valence-electron chi connectivity index (χ4n) is 3.29. The Morgan fingerprint density at radius 3 is 2.56 bits per heavy atom. The number of thioether (sulfide) groups is 1. The van der Waals surface area contributed by atoms with Crippen molar-refractivity contribution in [2.45, 2.75) is 19.4 Å². The zero-order valence-corrected chi connectivity index (χ0v) is 16.1. The number of ether oxygens (including phenoxy) is 2. The molecule has 1 N–H and O–H groups in total. The Kier molecular flexibility index (Phi) is 5.72. The standard InChI is InChI=1S/C21H24N2O3S/c24-21(8-4-16-3-7-19-20(13-16)26-15-25-19)22-14-17-1-5-18(6-2-17)23-9-11-27-12-10-23/h1-3,5-7,13H,4,8-12,14-15H2,(H,22,24). The normalized spacial score (nSPS) is 15.6. The molecule has 0 spiro atoms. The van der Waals surface area contributed by atoms with Crippen LogP contribution in [0, 0.1) is 0 Å². The fraction of sp³-hybridized carbons (Fsp3) is 0.381. The third-order valence-electron chi connectivity index (χ3n) is 4.88. The van der Waals surface area contributed by atoms with Gasteiger partial charge in [0, 0.05) is 43.2 Å². The maximum Gasteiger partial charge on any atom is 0.231 e. The van der Waals surface area contributed by atoms with Gasteiger partial charge in [0.1, 0.15) is 0 Å². The maximum atomic E-state index is 12.2. The molecule has 0 bridgehead atoms. The highest BCUT2D eigenvalue weighted by atomic mass is 32.2. The van der Waals surface area contributed by atoms with Gasteiger partial charge in [-0.15, -0.1) is 0 Å². The molecule has 2 aromatic carbocycles. The Labute approximate surface area is 164 Å². The van der Waals surface area contributed by atoms with Gasteiger partial charge in [0.25, 0.3) is 0 Å². The van der Waals surface area contributed by atoms with Crippen LogP contribution in [0.2, 0.25) is 0 Å². The zero-order valence-electron chi connectivity index (χ0n) is 15.3. The second-order valence-corrected chi connectivity index (χ2v) is 7.95. The van der Waals surface area contributed by atoms with Gasteiger partial charge in [0.05, 0.1) is 0 Å². The van der Waals surface area contributed by atoms with E-state index in [0.29, 0.717) is 19.4 Å². The van der Waals surface area contributed by atoms with Gasteiger partial charge in [-0.05, 0) is 41.8 Å². The number of carbonyl (C=O) groups is 1. The van der Waals surface area contributed by atoms with Crippen molar-refractivity contribution in [2.75, 3.05) is 36.3 Å². The molecule has 2 aliphatic rings. The van der Waals surface area contributed by atoms with Gasteiger partial charge in [-0.1, -0.05) is 18.2 Å². The van der Waals surface area contributed by atoms with Crippen molar-refractivity contribution in [1.82, 2.24) is 5.32 Å². The van der Waals surface area contributed by atoms with Gasteiger partial charge in [-0.3, -0.25) is 4.79 Å². The summed E-state index contributed by atoms with van der Waals surface area (Å²) in [5.41, 5.74) is 3.48. The van der Waals surface area contributed by atoms with E-state index in [1.807, 2.05) is 30.0 Å². The van der Waals surface area contributed by atoms with E-state index in [0.717, 1.165) is 35.7 Å². The van der Waals surface area contributed by atoms with Gasteiger partial charge >= 0.3 is 0 Å². The minimum Gasteiger partial charge on any atom is -0.454 e. The largest absolute Gasteiger partial charge is 0.454 e. The van der Waals surface area contributed by atoms with Crippen molar-refractivity contribution in [3.63, 3.8) is 0 Å². The summed E-state index contributed by atoms with van der Waals surface area (Å²) in [6.07, 6.45) is 1.15. The molecule has 0 saturated carbocycles. The van der Waals surface area contributed by atoms with Crippen LogP contribution in [-0.4, -0.2) is 37.3 Å². The topological polar surface area (TPSA) is 50.8 Å². The Hall–Kier alpha value is -2.34. The van der Waals surface area contributed by atoms with Gasteiger partial charge in [-0.25, -0.2) is 0 Å². The van der Waals surface area contributed by atoms with Crippen LogP contribution < -0.4 is 19.7 Å². The first-order valence-corrected chi connectivity index (χ1v) is 10.5. The molecule has 0 aromatic heterocycles. The van der Waals surface area contributed by atoms with Crippen LogP contribution in [0.15, 0.2) is 42.5 Å². The zero-order chi connectivity index (χ0) is 18.5. The Balaban J connectivity index is 1.23. The van der Waals surface area contributed by atoms with Crippen molar-refractivity contribution >= 4 is 23.4 Å². The van der Waals surface area contributed by atoms with Crippen LogP contribution in [0.25, 0.3) is 0 Å². The average Bonchev–Trinajstić information content (AvgIpc) is 3.19. The van der Waals surface area contributed by atoms with E-state index in [1.54, 1.807) is 0 Å². The van der Waals surface area contributed by atoms with Crippen LogP contribution in [0.4, 0.5) is 5.69 Å². The molecule has 2 heterocycles. The highest BCUT2D eigenvalue weighted by molar-refractivity contribution is 7.99. The van der Waals surface area contributed by atoms with Gasteiger partial charge in [-0.2, -0.15) is 11.8 Å². The van der Waals surface area contributed by atoms with E-state index < -0.39 is 0 Å². The molecule has 27 heavy (non-hydrogen) atoms. The van der Waals surface area contributed by atoms with Crippen LogP contribution in [-0.2, 0) is 17.8 Å². The minimum atomic E-state index is 0.0600. The lowest BCUT2D eigenvalue weighted by Gasteiger charge is -2.28. The summed E-state index contributed by atoms with van der Waals surface area (Å²) in [4.78, 5) is 14.6. The molecule has 142 valence electrons. The molecule has 0 aliphatic carbocycles. The lowest BCUT2D eigenvalue weighted by atomic mass is 10.1. The predicted octanol–water partition coefficient (Wildman–Crippen LogP) is 3.22. The third-order valence-corrected chi connectivity index (χ3v) is 5.82. The molecule has 1 amide bonds. The Morgan fingerprint density at radius 1 is 1.00 bits per heavy atom. The molecule has 0 atom stereocenters. The number of fused-ring (bicyclic) bond motifs is 1. The van der Waals surface area contributed by atoms with Crippen LogP contribution in [0.3, 0.4) is 0 Å². The maximum absolute atomic E-state index is 12.2. The number of benzene rings is 2. The summed E-state index contributed by atoms with van der Waals surface area (Å²) < 4.78 is 10.7. The average molecular weight is 385 g/mol. The summed E-state index contributed by atoms with van der Waals surface area (Å²) in [7, 11) is 0. The molecule has 0 radical (unpaired) electrons. The summed E-state index contributed by atoms with van der Waals surface area (Å²) in [5, 5.41) is 3.01. The highest BCUT2D eigenvalue weighted by Crippen LogP contribution is 2.32. The molecule has 0 unspecified atom stereocenters. The van der Waals surface area contributed by atoms with E-state index in [-0.39, 0.29) is 12.7 Å². The number of amides is 1. The number of hydrogen-bond donors (Lipinski definition) is 1. The second-order valence-electron chi connectivity index (χ2n) is 6.73. The van der Waals surface area contributed by atoms with Crippen molar-refractivity contribution in [3.05, 3.63) is 53.6 Å². The molecule has 2 aromatic rings. The van der Waals surface area contributed by atoms with Gasteiger partial charge < -0.3 is 19.7 Å². The number of carbonyl (C=O) groups excluding carboxylic acids is 1. The molecule has 6 heteroatoms. The first-order chi connectivity index (χ1) is 13.3. The summed E-state index contributed by atoms with van der Waals surface area (Å²) in [5.74, 6) is 3.99. The highest BCUT2D eigenvalue weighted by Gasteiger charge is 2.14. The van der Waals surface area contributed by atoms with Crippen molar-refractivity contribution in [2.24, 2.45) is 0 Å². The number of hydrogen-bond acceptors (Lipinski definition) is 5. The summed E-state index contributed by atoms with van der Waals surface area (Å²) in [6, 6.07) is 14.4. The predicted molar refractivity (Wildman–Crippen MR) is 109 cm³/mol. The van der Waals surface area contributed by atoms with E-state index in [2.05, 4.69) is 34.5 Å². The number of rotatable bonds is 6. The first-order valence-electron chi connectivity index (χ1n) is 9.35. The smallest absolute Gasteiger partial charge is 0.231 e. The number of nitrogens with zero attached hydrogens (tertiary/aromatic N) is 1. The van der Waals surface area contributed by atoms with E-state index in [9.17, 15) is 4.79 Å². The van der Waals surface area contributed by atoms with Gasteiger partial charge in [0.15, 0.2) is 11.5 Å². The first kappa shape index (κ1) is 18.0. The summed E-state index contributed by atoms with van der Waals surface area (Å²) in [6.45, 7) is 3.06. The molecular weight excluding hydrogens is 360 g/mol. The molecule has 5 nitrogen and oxygen atoms in total. The van der Waals surface area contributed by atoms with Gasteiger partial charge in [0.2, 0.25) is 12.7 Å². The SMILES string of the molecule is O=C(CCc1ccc2c(c1)OCO2)NCc1ccc(N2CCSCC2)cc1. The summed E-state index contributed by atoms with van der Waals surface area (Å²) >= 11 is 2.01. The minimum absolute atomic E-state index is 0.0600. The Bertz CT molecular complexity index is 789. The monoisotopic (exact) mass is 384 g/mol. The lowest BCUT2D eigenvalue weighted by Crippen LogP contribution is -2.32. The van der Waals surface area contributed by atoms with Crippen LogP contribution in [0.1, 0.15) is 17.5 Å². The third kappa shape index (κ3) is 4.69. The molecule has 2 aliphatic heterocycles. The van der Waals surface area contributed by atoms with E-state index in [1.165, 1.54) is 17.2 Å². The second kappa shape index (κ2) is 8.57. The fourth-order valence-corrected chi connectivity index (χ4v) is 4.19. The Morgan fingerprint density at radius 2 is 1.74 bits per heavy atom. The van der Waals surface area contributed by atoms with E-state index >= 15 is 0 Å². The number of nitrogens with one attached hydrogen (secondary N) is 1. The molecular formula is C21H24N2O3S. The van der Waals surface area contributed by atoms with Crippen LogP contribution in [0.5, 0.6) is 11.5 Å². The number of anilines is 1. The van der Waals surface area contributed by atoms with Crippen molar-refractivity contribution in [3.8, 4) is 11.5 Å². The van der Waals surface area contributed by atoms with Crippen LogP contribution >= 0.6 is 11.8 Å².